The lowest BCUT2D eigenvalue weighted by atomic mass is 10.1. The van der Waals surface area contributed by atoms with Gasteiger partial charge in [-0.3, -0.25) is 0 Å². The summed E-state index contributed by atoms with van der Waals surface area (Å²) in [5.74, 6) is -0.227. The number of esters is 1. The number of ether oxygens (including phenoxy) is 2. The molecular formula is C19H26O3. The first-order chi connectivity index (χ1) is 10.6. The largest absolute Gasteiger partial charge is 0.463 e. The van der Waals surface area contributed by atoms with E-state index in [4.69, 9.17) is 9.47 Å². The van der Waals surface area contributed by atoms with E-state index in [1.54, 1.807) is 6.92 Å². The minimum atomic E-state index is -0.227. The van der Waals surface area contributed by atoms with Crippen molar-refractivity contribution in [1.82, 2.24) is 0 Å². The van der Waals surface area contributed by atoms with Gasteiger partial charge >= 0.3 is 5.97 Å². The molecule has 22 heavy (non-hydrogen) atoms. The molecule has 0 saturated heterocycles. The van der Waals surface area contributed by atoms with E-state index in [0.717, 1.165) is 12.8 Å². The fraction of sp³-hybridized carbons (Fsp3) is 0.421. The third-order valence-corrected chi connectivity index (χ3v) is 3.25. The van der Waals surface area contributed by atoms with Crippen LogP contribution in [-0.4, -0.2) is 19.2 Å². The molecule has 0 unspecified atom stereocenters. The van der Waals surface area contributed by atoms with Crippen LogP contribution in [-0.2, 0) is 20.9 Å². The molecule has 0 fully saturated rings. The Balaban J connectivity index is 2.23. The quantitative estimate of drug-likeness (QED) is 0.293. The van der Waals surface area contributed by atoms with Crippen molar-refractivity contribution in [1.29, 1.82) is 0 Å². The molecule has 1 aromatic rings. The van der Waals surface area contributed by atoms with Gasteiger partial charge in [0.15, 0.2) is 0 Å². The molecule has 1 aromatic carbocycles. The molecule has 3 heteroatoms. The first-order valence-electron chi connectivity index (χ1n) is 7.74. The predicted molar refractivity (Wildman–Crippen MR) is 89.5 cm³/mol. The van der Waals surface area contributed by atoms with Gasteiger partial charge in [0.1, 0.15) is 0 Å². The number of benzene rings is 1. The maximum absolute atomic E-state index is 11.4. The number of allylic oxidation sites excluding steroid dienone is 2. The smallest absolute Gasteiger partial charge is 0.333 e. The molecule has 0 bridgehead atoms. The molecule has 0 amide bonds. The van der Waals surface area contributed by atoms with Gasteiger partial charge in [-0.05, 0) is 39.2 Å². The van der Waals surface area contributed by atoms with Crippen LogP contribution < -0.4 is 0 Å². The Morgan fingerprint density at radius 1 is 1.14 bits per heavy atom. The van der Waals surface area contributed by atoms with E-state index in [2.05, 4.69) is 25.1 Å². The molecule has 0 aliphatic rings. The van der Waals surface area contributed by atoms with Crippen molar-refractivity contribution in [2.24, 2.45) is 0 Å². The summed E-state index contributed by atoms with van der Waals surface area (Å²) in [7, 11) is 0. The zero-order valence-electron chi connectivity index (χ0n) is 13.8. The van der Waals surface area contributed by atoms with Crippen molar-refractivity contribution in [2.45, 2.75) is 40.2 Å². The number of rotatable bonds is 9. The minimum absolute atomic E-state index is 0.227. The predicted octanol–water partition coefficient (Wildman–Crippen LogP) is 4.44. The van der Waals surface area contributed by atoms with Crippen molar-refractivity contribution in [3.63, 3.8) is 0 Å². The van der Waals surface area contributed by atoms with Crippen LogP contribution in [0.5, 0.6) is 0 Å². The van der Waals surface area contributed by atoms with Crippen LogP contribution in [0.15, 0.2) is 53.6 Å². The van der Waals surface area contributed by atoms with Gasteiger partial charge in [0.05, 0.1) is 19.8 Å². The lowest BCUT2D eigenvalue weighted by Gasteiger charge is -2.04. The van der Waals surface area contributed by atoms with Gasteiger partial charge in [-0.1, -0.05) is 48.1 Å². The minimum Gasteiger partial charge on any atom is -0.463 e. The number of hydrogen-bond acceptors (Lipinski definition) is 3. The maximum atomic E-state index is 11.4. The number of carbonyl (C=O) groups is 1. The zero-order chi connectivity index (χ0) is 16.2. The van der Waals surface area contributed by atoms with Crippen molar-refractivity contribution in [3.8, 4) is 0 Å². The van der Waals surface area contributed by atoms with E-state index in [1.807, 2.05) is 31.2 Å². The van der Waals surface area contributed by atoms with Gasteiger partial charge in [-0.2, -0.15) is 0 Å². The standard InChI is InChI=1S/C19H26O3/c1-4-22-19(20)17(3)10-8-9-16(2)13-14-21-15-18-11-6-5-7-12-18/h5-7,10-13H,4,8-9,14-15H2,1-3H3/b16-13+,17-10+. The normalized spacial score (nSPS) is 12.3. The Hall–Kier alpha value is -1.87. The molecule has 0 aliphatic heterocycles. The Morgan fingerprint density at radius 2 is 1.86 bits per heavy atom. The molecule has 0 saturated carbocycles. The molecule has 0 spiro atoms. The molecular weight excluding hydrogens is 276 g/mol. The lowest BCUT2D eigenvalue weighted by molar-refractivity contribution is -0.138. The van der Waals surface area contributed by atoms with Gasteiger partial charge in [0.2, 0.25) is 0 Å². The van der Waals surface area contributed by atoms with Gasteiger partial charge in [0.25, 0.3) is 0 Å². The van der Waals surface area contributed by atoms with Crippen molar-refractivity contribution >= 4 is 5.97 Å². The highest BCUT2D eigenvalue weighted by molar-refractivity contribution is 5.87. The van der Waals surface area contributed by atoms with Crippen LogP contribution in [0.1, 0.15) is 39.2 Å². The van der Waals surface area contributed by atoms with Crippen molar-refractivity contribution in [3.05, 3.63) is 59.2 Å². The maximum Gasteiger partial charge on any atom is 0.333 e. The molecule has 120 valence electrons. The van der Waals surface area contributed by atoms with Crippen LogP contribution >= 0.6 is 0 Å². The highest BCUT2D eigenvalue weighted by Gasteiger charge is 2.03. The second kappa shape index (κ2) is 10.8. The second-order valence-electron chi connectivity index (χ2n) is 5.20. The molecule has 0 aromatic heterocycles. The van der Waals surface area contributed by atoms with Gasteiger partial charge in [-0.15, -0.1) is 0 Å². The first kappa shape index (κ1) is 18.2. The summed E-state index contributed by atoms with van der Waals surface area (Å²) in [6.07, 6.45) is 5.79. The molecule has 0 heterocycles. The van der Waals surface area contributed by atoms with E-state index in [-0.39, 0.29) is 5.97 Å². The molecule has 1 rings (SSSR count). The summed E-state index contributed by atoms with van der Waals surface area (Å²) in [4.78, 5) is 11.4. The van der Waals surface area contributed by atoms with Crippen LogP contribution in [0.2, 0.25) is 0 Å². The van der Waals surface area contributed by atoms with Gasteiger partial charge in [-0.25, -0.2) is 4.79 Å². The summed E-state index contributed by atoms with van der Waals surface area (Å²) in [6, 6.07) is 10.1. The summed E-state index contributed by atoms with van der Waals surface area (Å²) < 4.78 is 10.6. The van der Waals surface area contributed by atoms with Crippen molar-refractivity contribution < 1.29 is 14.3 Å². The van der Waals surface area contributed by atoms with Crippen LogP contribution in [0.4, 0.5) is 0 Å². The van der Waals surface area contributed by atoms with E-state index in [9.17, 15) is 4.79 Å². The summed E-state index contributed by atoms with van der Waals surface area (Å²) >= 11 is 0. The van der Waals surface area contributed by atoms with Crippen LogP contribution in [0, 0.1) is 0 Å². The van der Waals surface area contributed by atoms with Crippen LogP contribution in [0.25, 0.3) is 0 Å². The van der Waals surface area contributed by atoms with E-state index in [1.165, 1.54) is 11.1 Å². The molecule has 0 radical (unpaired) electrons. The molecule has 3 nitrogen and oxygen atoms in total. The average molecular weight is 302 g/mol. The molecule has 0 atom stereocenters. The Labute approximate surface area is 133 Å². The first-order valence-corrected chi connectivity index (χ1v) is 7.74. The Kier molecular flexibility index (Phi) is 8.92. The second-order valence-corrected chi connectivity index (χ2v) is 5.20. The highest BCUT2D eigenvalue weighted by Crippen LogP contribution is 2.08. The Bertz CT molecular complexity index is 501. The topological polar surface area (TPSA) is 35.5 Å². The van der Waals surface area contributed by atoms with Gasteiger partial charge in [0, 0.05) is 5.57 Å². The third kappa shape index (κ3) is 7.79. The van der Waals surface area contributed by atoms with E-state index >= 15 is 0 Å². The third-order valence-electron chi connectivity index (χ3n) is 3.25. The average Bonchev–Trinajstić information content (AvgIpc) is 2.52. The Morgan fingerprint density at radius 3 is 2.55 bits per heavy atom. The van der Waals surface area contributed by atoms with E-state index < -0.39 is 0 Å². The summed E-state index contributed by atoms with van der Waals surface area (Å²) in [5, 5.41) is 0. The van der Waals surface area contributed by atoms with Gasteiger partial charge < -0.3 is 9.47 Å². The number of hydrogen-bond donors (Lipinski definition) is 0. The summed E-state index contributed by atoms with van der Waals surface area (Å²) in [6.45, 7) is 7.35. The number of carbonyl (C=O) groups excluding carboxylic acids is 1. The fourth-order valence-corrected chi connectivity index (χ4v) is 1.90. The SMILES string of the molecule is CCOC(=O)/C(C)=C/CC/C(C)=C/COCc1ccccc1. The molecule has 0 N–H and O–H groups in total. The van der Waals surface area contributed by atoms with E-state index in [0.29, 0.717) is 25.4 Å². The monoisotopic (exact) mass is 302 g/mol. The highest BCUT2D eigenvalue weighted by atomic mass is 16.5. The lowest BCUT2D eigenvalue weighted by Crippen LogP contribution is -2.04. The van der Waals surface area contributed by atoms with Crippen LogP contribution in [0.3, 0.4) is 0 Å². The van der Waals surface area contributed by atoms with Crippen molar-refractivity contribution in [2.75, 3.05) is 13.2 Å². The zero-order valence-corrected chi connectivity index (χ0v) is 13.8. The fourth-order valence-electron chi connectivity index (χ4n) is 1.90. The summed E-state index contributed by atoms with van der Waals surface area (Å²) in [5.41, 5.74) is 3.12. The molecule has 0 aliphatic carbocycles.